The van der Waals surface area contributed by atoms with E-state index in [1.807, 2.05) is 23.7 Å². The van der Waals surface area contributed by atoms with Gasteiger partial charge in [0.25, 0.3) is 11.1 Å². The summed E-state index contributed by atoms with van der Waals surface area (Å²) >= 11 is 13.0. The molecule has 1 aliphatic heterocycles. The number of nitrogens with one attached hydrogen (secondary N) is 2. The number of fused-ring (bicyclic) bond motifs is 1. The molecule has 2 N–H and O–H groups in total. The zero-order valence-corrected chi connectivity index (χ0v) is 15.1. The summed E-state index contributed by atoms with van der Waals surface area (Å²) in [6, 6.07) is 7.17. The van der Waals surface area contributed by atoms with E-state index in [0.29, 0.717) is 26.3 Å². The number of thioether (sulfide) groups is 1. The fourth-order valence-corrected chi connectivity index (χ4v) is 3.58. The standard InChI is InChI=1S/C16H10Cl2N4O2S/c1-22-7(4-13-15(23)21-16(24)25-13)2-3-12(22)14-19-10-5-8(17)9(18)6-11(10)20-14/h2-6H,1H3,(H,19,20)(H,21,23,24). The highest BCUT2D eigenvalue weighted by atomic mass is 35.5. The summed E-state index contributed by atoms with van der Waals surface area (Å²) in [6.45, 7) is 0. The third-order valence-electron chi connectivity index (χ3n) is 3.85. The van der Waals surface area contributed by atoms with E-state index in [2.05, 4.69) is 15.3 Å². The van der Waals surface area contributed by atoms with Gasteiger partial charge in [-0.1, -0.05) is 23.2 Å². The maximum absolute atomic E-state index is 11.7. The van der Waals surface area contributed by atoms with E-state index in [0.717, 1.165) is 28.7 Å². The minimum absolute atomic E-state index is 0.362. The molecule has 1 aliphatic rings. The first kappa shape index (κ1) is 16.3. The number of rotatable bonds is 2. The normalized spacial score (nSPS) is 16.2. The molecule has 9 heteroatoms. The number of hydrogen-bond donors (Lipinski definition) is 2. The van der Waals surface area contributed by atoms with Gasteiger partial charge in [-0.15, -0.1) is 0 Å². The van der Waals surface area contributed by atoms with E-state index in [9.17, 15) is 9.59 Å². The van der Waals surface area contributed by atoms with Gasteiger partial charge in [0, 0.05) is 12.7 Å². The minimum atomic E-state index is -0.384. The van der Waals surface area contributed by atoms with Crippen LogP contribution in [0.4, 0.5) is 4.79 Å². The molecule has 4 rings (SSSR count). The van der Waals surface area contributed by atoms with Crippen LogP contribution in [0.5, 0.6) is 0 Å². The Bertz CT molecular complexity index is 1040. The molecule has 1 fully saturated rings. The first-order valence-electron chi connectivity index (χ1n) is 7.18. The lowest BCUT2D eigenvalue weighted by Gasteiger charge is -2.03. The fourth-order valence-electron chi connectivity index (χ4n) is 2.59. The van der Waals surface area contributed by atoms with Gasteiger partial charge in [0.2, 0.25) is 0 Å². The summed E-state index contributed by atoms with van der Waals surface area (Å²) in [5, 5.41) is 2.77. The molecule has 0 unspecified atom stereocenters. The lowest BCUT2D eigenvalue weighted by Crippen LogP contribution is -2.17. The predicted octanol–water partition coefficient (Wildman–Crippen LogP) is 4.20. The third-order valence-corrected chi connectivity index (χ3v) is 5.38. The van der Waals surface area contributed by atoms with Crippen molar-refractivity contribution in [1.29, 1.82) is 0 Å². The molecule has 1 saturated heterocycles. The fraction of sp³-hybridized carbons (Fsp3) is 0.0625. The van der Waals surface area contributed by atoms with E-state index >= 15 is 0 Å². The zero-order chi connectivity index (χ0) is 17.7. The van der Waals surface area contributed by atoms with Crippen LogP contribution < -0.4 is 5.32 Å². The van der Waals surface area contributed by atoms with Crippen molar-refractivity contribution in [2.45, 2.75) is 0 Å². The third kappa shape index (κ3) is 2.84. The van der Waals surface area contributed by atoms with Crippen molar-refractivity contribution >= 4 is 63.2 Å². The number of carbonyl (C=O) groups is 2. The van der Waals surface area contributed by atoms with E-state index in [1.54, 1.807) is 18.2 Å². The van der Waals surface area contributed by atoms with Gasteiger partial charge in [0.05, 0.1) is 31.7 Å². The van der Waals surface area contributed by atoms with Crippen molar-refractivity contribution in [1.82, 2.24) is 19.9 Å². The number of H-pyrrole nitrogens is 1. The molecule has 1 aromatic carbocycles. The number of benzene rings is 1. The highest BCUT2D eigenvalue weighted by molar-refractivity contribution is 8.18. The summed E-state index contributed by atoms with van der Waals surface area (Å²) < 4.78 is 1.88. The van der Waals surface area contributed by atoms with E-state index in [1.165, 1.54) is 0 Å². The molecule has 0 spiro atoms. The molecule has 0 aliphatic carbocycles. The molecule has 25 heavy (non-hydrogen) atoms. The van der Waals surface area contributed by atoms with Gasteiger partial charge in [0.1, 0.15) is 0 Å². The van der Waals surface area contributed by atoms with Crippen LogP contribution in [0, 0.1) is 0 Å². The van der Waals surface area contributed by atoms with Crippen LogP contribution in [0.1, 0.15) is 5.69 Å². The number of imidazole rings is 1. The molecular weight excluding hydrogens is 383 g/mol. The Kier molecular flexibility index (Phi) is 3.87. The summed E-state index contributed by atoms with van der Waals surface area (Å²) in [7, 11) is 1.86. The molecule has 0 bridgehead atoms. The summed E-state index contributed by atoms with van der Waals surface area (Å²) in [6.07, 6.45) is 1.67. The Balaban J connectivity index is 1.75. The Morgan fingerprint density at radius 1 is 1.20 bits per heavy atom. The van der Waals surface area contributed by atoms with Crippen LogP contribution in [-0.4, -0.2) is 25.7 Å². The van der Waals surface area contributed by atoms with Gasteiger partial charge in [0.15, 0.2) is 5.82 Å². The lowest BCUT2D eigenvalue weighted by atomic mass is 10.3. The van der Waals surface area contributed by atoms with E-state index in [4.69, 9.17) is 23.2 Å². The molecule has 126 valence electrons. The number of amides is 2. The van der Waals surface area contributed by atoms with Gasteiger partial charge in [-0.2, -0.15) is 0 Å². The van der Waals surface area contributed by atoms with Gasteiger partial charge in [-0.25, -0.2) is 4.98 Å². The molecule has 0 radical (unpaired) electrons. The molecule has 3 aromatic rings. The highest BCUT2D eigenvalue weighted by Crippen LogP contribution is 2.30. The van der Waals surface area contributed by atoms with Crippen LogP contribution in [0.25, 0.3) is 28.6 Å². The van der Waals surface area contributed by atoms with Crippen LogP contribution in [-0.2, 0) is 11.8 Å². The number of aromatic nitrogens is 3. The lowest BCUT2D eigenvalue weighted by molar-refractivity contribution is -0.115. The van der Waals surface area contributed by atoms with Crippen molar-refractivity contribution in [3.05, 3.63) is 44.9 Å². The summed E-state index contributed by atoms with van der Waals surface area (Å²) in [5.41, 5.74) is 3.09. The molecule has 3 heterocycles. The molecule has 0 atom stereocenters. The van der Waals surface area contributed by atoms with Gasteiger partial charge < -0.3 is 9.55 Å². The Morgan fingerprint density at radius 2 is 1.96 bits per heavy atom. The summed E-state index contributed by atoms with van der Waals surface area (Å²) in [4.78, 5) is 31.1. The van der Waals surface area contributed by atoms with Gasteiger partial charge in [-0.05, 0) is 42.1 Å². The number of carbonyl (C=O) groups excluding carboxylic acids is 2. The Labute approximate surface area is 156 Å². The largest absolute Gasteiger partial charge is 0.342 e. The van der Waals surface area contributed by atoms with Crippen molar-refractivity contribution < 1.29 is 9.59 Å². The minimum Gasteiger partial charge on any atom is -0.342 e. The molecular formula is C16H10Cl2N4O2S. The second-order valence-corrected chi connectivity index (χ2v) is 7.25. The van der Waals surface area contributed by atoms with Crippen LogP contribution in [0.2, 0.25) is 10.0 Å². The molecule has 2 aromatic heterocycles. The zero-order valence-electron chi connectivity index (χ0n) is 12.8. The predicted molar refractivity (Wildman–Crippen MR) is 99.6 cm³/mol. The number of hydrogen-bond acceptors (Lipinski definition) is 4. The van der Waals surface area contributed by atoms with Crippen molar-refractivity contribution in [3.63, 3.8) is 0 Å². The summed E-state index contributed by atoms with van der Waals surface area (Å²) in [5.74, 6) is 0.269. The topological polar surface area (TPSA) is 79.8 Å². The van der Waals surface area contributed by atoms with Crippen molar-refractivity contribution in [2.24, 2.45) is 7.05 Å². The van der Waals surface area contributed by atoms with Crippen molar-refractivity contribution in [3.8, 4) is 11.5 Å². The van der Waals surface area contributed by atoms with Crippen LogP contribution >= 0.6 is 35.0 Å². The average molecular weight is 393 g/mol. The monoisotopic (exact) mass is 392 g/mol. The van der Waals surface area contributed by atoms with Crippen LogP contribution in [0.3, 0.4) is 0 Å². The second kappa shape index (κ2) is 5.94. The number of aromatic amines is 1. The first-order valence-corrected chi connectivity index (χ1v) is 8.75. The average Bonchev–Trinajstić information content (AvgIpc) is 3.19. The van der Waals surface area contributed by atoms with Gasteiger partial charge in [-0.3, -0.25) is 14.9 Å². The quantitative estimate of drug-likeness (QED) is 0.640. The molecule has 0 saturated carbocycles. The SMILES string of the molecule is Cn1c(C=C2SC(=O)NC2=O)ccc1-c1nc2cc(Cl)c(Cl)cc2[nH]1. The number of imide groups is 1. The highest BCUT2D eigenvalue weighted by Gasteiger charge is 2.25. The van der Waals surface area contributed by atoms with Crippen molar-refractivity contribution in [2.75, 3.05) is 0 Å². The Morgan fingerprint density at radius 3 is 2.68 bits per heavy atom. The molecule has 2 amide bonds. The number of halogens is 2. The maximum atomic E-state index is 11.7. The maximum Gasteiger partial charge on any atom is 0.290 e. The van der Waals surface area contributed by atoms with E-state index in [-0.39, 0.29) is 11.1 Å². The number of nitrogens with zero attached hydrogens (tertiary/aromatic N) is 2. The van der Waals surface area contributed by atoms with Crippen LogP contribution in [0.15, 0.2) is 29.2 Å². The first-order chi connectivity index (χ1) is 11.9. The van der Waals surface area contributed by atoms with E-state index < -0.39 is 0 Å². The smallest absolute Gasteiger partial charge is 0.290 e. The molecule has 6 nitrogen and oxygen atoms in total. The Hall–Kier alpha value is -2.22. The second-order valence-electron chi connectivity index (χ2n) is 5.42. The van der Waals surface area contributed by atoms with Gasteiger partial charge >= 0.3 is 0 Å².